The Morgan fingerprint density at radius 2 is 1.75 bits per heavy atom. The van der Waals surface area contributed by atoms with E-state index in [4.69, 9.17) is 0 Å². The molecule has 0 radical (unpaired) electrons. The molecule has 0 bridgehead atoms. The number of hydrogen-bond acceptors (Lipinski definition) is 3. The first kappa shape index (κ1) is 25.2. The second kappa shape index (κ2) is 11.3. The predicted octanol–water partition coefficient (Wildman–Crippen LogP) is 3.21. The lowest BCUT2D eigenvalue weighted by Crippen LogP contribution is -2.48. The Balaban J connectivity index is 0.00000392. The molecule has 0 heterocycles. The maximum atomic E-state index is 11.5. The molecule has 28 heavy (non-hydrogen) atoms. The standard InChI is InChI=1S/C20H34N4O2S.HI/c1-5-21-19(22-15-20(2,3)24-27(4,25)26)23-18-13-11-17(12-14-18)16-9-7-6-8-10-16;/h6-10,17-18,24H,5,11-15H2,1-4H3,(H2,21,22,23);1H. The van der Waals surface area contributed by atoms with Gasteiger partial charge in [-0.15, -0.1) is 24.0 Å². The van der Waals surface area contributed by atoms with E-state index in [2.05, 4.69) is 50.7 Å². The molecule has 0 atom stereocenters. The summed E-state index contributed by atoms with van der Waals surface area (Å²) in [7, 11) is -3.26. The van der Waals surface area contributed by atoms with E-state index >= 15 is 0 Å². The van der Waals surface area contributed by atoms with Crippen LogP contribution < -0.4 is 15.4 Å². The second-order valence-electron chi connectivity index (χ2n) is 8.06. The summed E-state index contributed by atoms with van der Waals surface area (Å²) in [4.78, 5) is 4.61. The van der Waals surface area contributed by atoms with E-state index < -0.39 is 15.6 Å². The Hall–Kier alpha value is -0.870. The Morgan fingerprint density at radius 1 is 1.14 bits per heavy atom. The first-order chi connectivity index (χ1) is 12.7. The number of rotatable bonds is 7. The third-order valence-corrected chi connectivity index (χ3v) is 5.70. The molecular weight excluding hydrogens is 487 g/mol. The van der Waals surface area contributed by atoms with Crippen LogP contribution in [-0.4, -0.2) is 45.3 Å². The van der Waals surface area contributed by atoms with Gasteiger partial charge in [-0.1, -0.05) is 30.3 Å². The molecular formula is C20H35IN4O2S. The minimum Gasteiger partial charge on any atom is -0.357 e. The van der Waals surface area contributed by atoms with Crippen LogP contribution in [0.15, 0.2) is 35.3 Å². The third kappa shape index (κ3) is 9.09. The van der Waals surface area contributed by atoms with E-state index in [9.17, 15) is 8.42 Å². The fraction of sp³-hybridized carbons (Fsp3) is 0.650. The largest absolute Gasteiger partial charge is 0.357 e. The molecule has 0 spiro atoms. The lowest BCUT2D eigenvalue weighted by molar-refractivity contribution is 0.370. The van der Waals surface area contributed by atoms with Gasteiger partial charge in [-0.2, -0.15) is 0 Å². The van der Waals surface area contributed by atoms with Crippen molar-refractivity contribution in [2.45, 2.75) is 64.0 Å². The van der Waals surface area contributed by atoms with Gasteiger partial charge in [-0.05, 0) is 57.9 Å². The Labute approximate surface area is 187 Å². The highest BCUT2D eigenvalue weighted by Crippen LogP contribution is 2.32. The van der Waals surface area contributed by atoms with Crippen molar-refractivity contribution >= 4 is 40.0 Å². The molecule has 0 saturated heterocycles. The van der Waals surface area contributed by atoms with E-state index in [1.54, 1.807) is 0 Å². The van der Waals surface area contributed by atoms with Gasteiger partial charge in [-0.25, -0.2) is 13.1 Å². The molecule has 1 aromatic carbocycles. The van der Waals surface area contributed by atoms with Gasteiger partial charge in [0.15, 0.2) is 5.96 Å². The van der Waals surface area contributed by atoms with Crippen molar-refractivity contribution in [2.24, 2.45) is 4.99 Å². The van der Waals surface area contributed by atoms with Crippen molar-refractivity contribution in [1.29, 1.82) is 0 Å². The van der Waals surface area contributed by atoms with Crippen LogP contribution in [-0.2, 0) is 10.0 Å². The zero-order chi connectivity index (χ0) is 19.9. The van der Waals surface area contributed by atoms with Crippen LogP contribution in [0.3, 0.4) is 0 Å². The summed E-state index contributed by atoms with van der Waals surface area (Å²) in [6, 6.07) is 11.1. The van der Waals surface area contributed by atoms with Crippen LogP contribution in [0.4, 0.5) is 0 Å². The van der Waals surface area contributed by atoms with Crippen molar-refractivity contribution in [3.05, 3.63) is 35.9 Å². The molecule has 3 N–H and O–H groups in total. The molecule has 0 aromatic heterocycles. The maximum Gasteiger partial charge on any atom is 0.209 e. The smallest absolute Gasteiger partial charge is 0.209 e. The molecule has 6 nitrogen and oxygen atoms in total. The van der Waals surface area contributed by atoms with Crippen molar-refractivity contribution in [3.8, 4) is 0 Å². The molecule has 0 unspecified atom stereocenters. The van der Waals surface area contributed by atoms with Gasteiger partial charge in [0.2, 0.25) is 10.0 Å². The van der Waals surface area contributed by atoms with Crippen LogP contribution in [0.25, 0.3) is 0 Å². The molecule has 1 saturated carbocycles. The van der Waals surface area contributed by atoms with Crippen LogP contribution in [0, 0.1) is 0 Å². The van der Waals surface area contributed by atoms with Crippen LogP contribution >= 0.6 is 24.0 Å². The first-order valence-electron chi connectivity index (χ1n) is 9.77. The average molecular weight is 522 g/mol. The van der Waals surface area contributed by atoms with Crippen LogP contribution in [0.5, 0.6) is 0 Å². The van der Waals surface area contributed by atoms with E-state index in [-0.39, 0.29) is 24.0 Å². The van der Waals surface area contributed by atoms with Gasteiger partial charge in [0.1, 0.15) is 0 Å². The summed E-state index contributed by atoms with van der Waals surface area (Å²) >= 11 is 0. The fourth-order valence-corrected chi connectivity index (χ4v) is 4.69. The van der Waals surface area contributed by atoms with Crippen LogP contribution in [0.2, 0.25) is 0 Å². The molecule has 8 heteroatoms. The normalized spacial score (nSPS) is 20.9. The Morgan fingerprint density at radius 3 is 2.29 bits per heavy atom. The van der Waals surface area contributed by atoms with E-state index in [0.717, 1.165) is 25.3 Å². The highest BCUT2D eigenvalue weighted by Gasteiger charge is 2.24. The summed E-state index contributed by atoms with van der Waals surface area (Å²) in [5.74, 6) is 1.39. The lowest BCUT2D eigenvalue weighted by atomic mass is 9.82. The highest BCUT2D eigenvalue weighted by molar-refractivity contribution is 14.0. The summed E-state index contributed by atoms with van der Waals surface area (Å²) in [6.45, 7) is 6.85. The number of hydrogen-bond donors (Lipinski definition) is 3. The highest BCUT2D eigenvalue weighted by atomic mass is 127. The molecule has 1 fully saturated rings. The SMILES string of the molecule is CCNC(=NCC(C)(C)NS(C)(=O)=O)NC1CCC(c2ccccc2)CC1.I. The first-order valence-corrected chi connectivity index (χ1v) is 11.7. The van der Waals surface area contributed by atoms with Gasteiger partial charge >= 0.3 is 0 Å². The zero-order valence-electron chi connectivity index (χ0n) is 17.4. The quantitative estimate of drug-likeness (QED) is 0.292. The minimum absolute atomic E-state index is 0. The number of nitrogens with zero attached hydrogens (tertiary/aromatic N) is 1. The fourth-order valence-electron chi connectivity index (χ4n) is 3.62. The average Bonchev–Trinajstić information content (AvgIpc) is 2.59. The summed E-state index contributed by atoms with van der Waals surface area (Å²) in [5.41, 5.74) is 0.811. The number of nitrogens with one attached hydrogen (secondary N) is 3. The van der Waals surface area contributed by atoms with E-state index in [1.807, 2.05) is 20.8 Å². The maximum absolute atomic E-state index is 11.5. The Bertz CT molecular complexity index is 715. The summed E-state index contributed by atoms with van der Waals surface area (Å²) in [5, 5.41) is 6.80. The Kier molecular flexibility index (Phi) is 10.2. The molecule has 160 valence electrons. The van der Waals surface area contributed by atoms with Gasteiger partial charge in [-0.3, -0.25) is 4.99 Å². The molecule has 1 aromatic rings. The van der Waals surface area contributed by atoms with Gasteiger partial charge in [0.05, 0.1) is 12.8 Å². The monoisotopic (exact) mass is 522 g/mol. The van der Waals surface area contributed by atoms with Crippen molar-refractivity contribution in [2.75, 3.05) is 19.3 Å². The third-order valence-electron chi connectivity index (χ3n) is 4.78. The number of aliphatic imine (C=N–C) groups is 1. The number of sulfonamides is 1. The van der Waals surface area contributed by atoms with Crippen LogP contribution in [0.1, 0.15) is 57.9 Å². The topological polar surface area (TPSA) is 82.6 Å². The summed E-state index contributed by atoms with van der Waals surface area (Å²) in [6.07, 6.45) is 5.72. The zero-order valence-corrected chi connectivity index (χ0v) is 20.5. The number of guanidine groups is 1. The van der Waals surface area contributed by atoms with Gasteiger partial charge in [0.25, 0.3) is 0 Å². The molecule has 0 aliphatic heterocycles. The van der Waals surface area contributed by atoms with E-state index in [1.165, 1.54) is 24.7 Å². The van der Waals surface area contributed by atoms with E-state index in [0.29, 0.717) is 18.5 Å². The number of benzene rings is 1. The molecule has 2 rings (SSSR count). The predicted molar refractivity (Wildman–Crippen MR) is 128 cm³/mol. The minimum atomic E-state index is -3.26. The van der Waals surface area contributed by atoms with Crippen molar-refractivity contribution in [1.82, 2.24) is 15.4 Å². The lowest BCUT2D eigenvalue weighted by Gasteiger charge is -2.31. The van der Waals surface area contributed by atoms with Gasteiger partial charge < -0.3 is 10.6 Å². The van der Waals surface area contributed by atoms with Gasteiger partial charge in [0, 0.05) is 18.1 Å². The summed E-state index contributed by atoms with van der Waals surface area (Å²) < 4.78 is 25.6. The molecule has 1 aliphatic carbocycles. The van der Waals surface area contributed by atoms with Crippen molar-refractivity contribution in [3.63, 3.8) is 0 Å². The van der Waals surface area contributed by atoms with Crippen molar-refractivity contribution < 1.29 is 8.42 Å². The molecule has 0 amide bonds. The molecule has 1 aliphatic rings. The second-order valence-corrected chi connectivity index (χ2v) is 9.81. The number of halogens is 1.